The molecule has 0 atom stereocenters. The van der Waals surface area contributed by atoms with Crippen molar-refractivity contribution in [2.45, 2.75) is 6.54 Å². The number of pyridine rings is 1. The molecule has 0 fully saturated rings. The van der Waals surface area contributed by atoms with E-state index in [0.29, 0.717) is 11.6 Å². The van der Waals surface area contributed by atoms with E-state index in [2.05, 4.69) is 29.2 Å². The number of benzene rings is 2. The summed E-state index contributed by atoms with van der Waals surface area (Å²) in [5, 5.41) is 1.85. The standard InChI is InChI=1S/C16H13ClN2/c17-14-5-6-15(13(8-14)10-18)12-4-3-11-2-1-7-19-16(11)9-12/h1-9H,10,18H2. The van der Waals surface area contributed by atoms with Gasteiger partial charge in [0.15, 0.2) is 0 Å². The number of hydrogen-bond acceptors (Lipinski definition) is 2. The van der Waals surface area contributed by atoms with Crippen molar-refractivity contribution in [2.75, 3.05) is 0 Å². The molecular formula is C16H13ClN2. The van der Waals surface area contributed by atoms with Gasteiger partial charge in [-0.05, 0) is 41.0 Å². The molecule has 3 rings (SSSR count). The third-order valence-electron chi connectivity index (χ3n) is 3.20. The first kappa shape index (κ1) is 12.2. The van der Waals surface area contributed by atoms with E-state index < -0.39 is 0 Å². The summed E-state index contributed by atoms with van der Waals surface area (Å²) in [7, 11) is 0. The lowest BCUT2D eigenvalue weighted by atomic mass is 9.98. The van der Waals surface area contributed by atoms with Crippen LogP contribution in [0.5, 0.6) is 0 Å². The van der Waals surface area contributed by atoms with Crippen LogP contribution in [0.2, 0.25) is 5.02 Å². The number of nitrogens with two attached hydrogens (primary N) is 1. The number of hydrogen-bond donors (Lipinski definition) is 1. The van der Waals surface area contributed by atoms with Crippen LogP contribution in [0.1, 0.15) is 5.56 Å². The van der Waals surface area contributed by atoms with Crippen LogP contribution >= 0.6 is 11.6 Å². The van der Waals surface area contributed by atoms with Crippen LogP contribution in [0.3, 0.4) is 0 Å². The minimum Gasteiger partial charge on any atom is -0.326 e. The van der Waals surface area contributed by atoms with Gasteiger partial charge in [0.2, 0.25) is 0 Å². The second kappa shape index (κ2) is 5.00. The summed E-state index contributed by atoms with van der Waals surface area (Å²) in [5.41, 5.74) is 10.0. The molecule has 2 N–H and O–H groups in total. The quantitative estimate of drug-likeness (QED) is 0.763. The predicted molar refractivity (Wildman–Crippen MR) is 80.1 cm³/mol. The number of rotatable bonds is 2. The summed E-state index contributed by atoms with van der Waals surface area (Å²) < 4.78 is 0. The third-order valence-corrected chi connectivity index (χ3v) is 3.44. The van der Waals surface area contributed by atoms with E-state index in [0.717, 1.165) is 27.6 Å². The Hall–Kier alpha value is -1.90. The maximum atomic E-state index is 6.01. The lowest BCUT2D eigenvalue weighted by Crippen LogP contribution is -1.99. The molecule has 3 aromatic rings. The number of aromatic nitrogens is 1. The first-order valence-electron chi connectivity index (χ1n) is 6.11. The summed E-state index contributed by atoms with van der Waals surface area (Å²) in [6.45, 7) is 0.468. The molecule has 94 valence electrons. The number of nitrogens with zero attached hydrogens (tertiary/aromatic N) is 1. The highest BCUT2D eigenvalue weighted by atomic mass is 35.5. The van der Waals surface area contributed by atoms with Gasteiger partial charge in [0.25, 0.3) is 0 Å². The molecule has 0 spiro atoms. The van der Waals surface area contributed by atoms with E-state index in [-0.39, 0.29) is 0 Å². The maximum Gasteiger partial charge on any atom is 0.0708 e. The van der Waals surface area contributed by atoms with Crippen molar-refractivity contribution in [3.05, 3.63) is 65.3 Å². The van der Waals surface area contributed by atoms with Crippen molar-refractivity contribution < 1.29 is 0 Å². The molecule has 0 aliphatic heterocycles. The van der Waals surface area contributed by atoms with Gasteiger partial charge in [-0.3, -0.25) is 4.98 Å². The lowest BCUT2D eigenvalue weighted by Gasteiger charge is -2.09. The molecule has 3 heteroatoms. The molecule has 1 aromatic heterocycles. The number of halogens is 1. The van der Waals surface area contributed by atoms with Crippen molar-refractivity contribution in [3.8, 4) is 11.1 Å². The number of fused-ring (bicyclic) bond motifs is 1. The zero-order chi connectivity index (χ0) is 13.2. The zero-order valence-electron chi connectivity index (χ0n) is 10.3. The second-order valence-electron chi connectivity index (χ2n) is 4.42. The van der Waals surface area contributed by atoms with E-state index in [1.807, 2.05) is 24.3 Å². The molecule has 0 bridgehead atoms. The smallest absolute Gasteiger partial charge is 0.0708 e. The first-order valence-corrected chi connectivity index (χ1v) is 6.49. The Morgan fingerprint density at radius 2 is 1.95 bits per heavy atom. The highest BCUT2D eigenvalue weighted by molar-refractivity contribution is 6.30. The Morgan fingerprint density at radius 1 is 1.05 bits per heavy atom. The molecular weight excluding hydrogens is 256 g/mol. The molecule has 0 aliphatic carbocycles. The average molecular weight is 269 g/mol. The van der Waals surface area contributed by atoms with Crippen LogP contribution in [-0.2, 0) is 6.54 Å². The van der Waals surface area contributed by atoms with Gasteiger partial charge >= 0.3 is 0 Å². The summed E-state index contributed by atoms with van der Waals surface area (Å²) in [4.78, 5) is 4.38. The van der Waals surface area contributed by atoms with E-state index in [1.165, 1.54) is 0 Å². The molecule has 0 radical (unpaired) electrons. The van der Waals surface area contributed by atoms with Gasteiger partial charge in [-0.25, -0.2) is 0 Å². The molecule has 2 aromatic carbocycles. The van der Waals surface area contributed by atoms with Crippen LogP contribution in [-0.4, -0.2) is 4.98 Å². The van der Waals surface area contributed by atoms with E-state index in [4.69, 9.17) is 17.3 Å². The fourth-order valence-corrected chi connectivity index (χ4v) is 2.44. The van der Waals surface area contributed by atoms with Crippen LogP contribution in [0, 0.1) is 0 Å². The average Bonchev–Trinajstić information content (AvgIpc) is 2.46. The topological polar surface area (TPSA) is 38.9 Å². The molecule has 0 amide bonds. The van der Waals surface area contributed by atoms with Crippen LogP contribution in [0.25, 0.3) is 22.0 Å². The van der Waals surface area contributed by atoms with Crippen molar-refractivity contribution >= 4 is 22.5 Å². The summed E-state index contributed by atoms with van der Waals surface area (Å²) in [6.07, 6.45) is 1.80. The van der Waals surface area contributed by atoms with Crippen molar-refractivity contribution in [3.63, 3.8) is 0 Å². The SMILES string of the molecule is NCc1cc(Cl)ccc1-c1ccc2cccnc2c1. The Morgan fingerprint density at radius 3 is 2.79 bits per heavy atom. The van der Waals surface area contributed by atoms with E-state index >= 15 is 0 Å². The van der Waals surface area contributed by atoms with Gasteiger partial charge < -0.3 is 5.73 Å². The Bertz CT molecular complexity index is 738. The van der Waals surface area contributed by atoms with Crippen LogP contribution < -0.4 is 5.73 Å². The fraction of sp³-hybridized carbons (Fsp3) is 0.0625. The van der Waals surface area contributed by atoms with Gasteiger partial charge in [-0.15, -0.1) is 0 Å². The van der Waals surface area contributed by atoms with Gasteiger partial charge in [0.1, 0.15) is 0 Å². The molecule has 19 heavy (non-hydrogen) atoms. The molecule has 0 saturated carbocycles. The third kappa shape index (κ3) is 2.33. The Balaban J connectivity index is 2.18. The minimum absolute atomic E-state index is 0.468. The largest absolute Gasteiger partial charge is 0.326 e. The highest BCUT2D eigenvalue weighted by Crippen LogP contribution is 2.28. The summed E-state index contributed by atoms with van der Waals surface area (Å²) in [5.74, 6) is 0. The van der Waals surface area contributed by atoms with Gasteiger partial charge in [-0.2, -0.15) is 0 Å². The van der Waals surface area contributed by atoms with Crippen molar-refractivity contribution in [1.82, 2.24) is 4.98 Å². The second-order valence-corrected chi connectivity index (χ2v) is 4.85. The van der Waals surface area contributed by atoms with Crippen molar-refractivity contribution in [1.29, 1.82) is 0 Å². The highest BCUT2D eigenvalue weighted by Gasteiger charge is 2.06. The van der Waals surface area contributed by atoms with Gasteiger partial charge in [0, 0.05) is 23.2 Å². The van der Waals surface area contributed by atoms with Crippen LogP contribution in [0.15, 0.2) is 54.7 Å². The predicted octanol–water partition coefficient (Wildman–Crippen LogP) is 4.01. The normalized spacial score (nSPS) is 10.8. The lowest BCUT2D eigenvalue weighted by molar-refractivity contribution is 1.07. The molecule has 0 unspecified atom stereocenters. The minimum atomic E-state index is 0.468. The molecule has 0 aliphatic rings. The van der Waals surface area contributed by atoms with Crippen molar-refractivity contribution in [2.24, 2.45) is 5.73 Å². The van der Waals surface area contributed by atoms with E-state index in [1.54, 1.807) is 6.20 Å². The maximum absolute atomic E-state index is 6.01. The summed E-state index contributed by atoms with van der Waals surface area (Å²) >= 11 is 6.01. The Labute approximate surface area is 116 Å². The molecule has 2 nitrogen and oxygen atoms in total. The van der Waals surface area contributed by atoms with Gasteiger partial charge in [0.05, 0.1) is 5.52 Å². The zero-order valence-corrected chi connectivity index (χ0v) is 11.1. The first-order chi connectivity index (χ1) is 9.28. The van der Waals surface area contributed by atoms with E-state index in [9.17, 15) is 0 Å². The Kier molecular flexibility index (Phi) is 3.20. The summed E-state index contributed by atoms with van der Waals surface area (Å²) in [6, 6.07) is 16.1. The monoisotopic (exact) mass is 268 g/mol. The molecule has 0 saturated heterocycles. The fourth-order valence-electron chi connectivity index (χ4n) is 2.25. The van der Waals surface area contributed by atoms with Crippen LogP contribution in [0.4, 0.5) is 0 Å². The van der Waals surface area contributed by atoms with Gasteiger partial charge in [-0.1, -0.05) is 35.9 Å². The molecule has 1 heterocycles.